The van der Waals surface area contributed by atoms with Gasteiger partial charge in [-0.05, 0) is 92.4 Å². The van der Waals surface area contributed by atoms with Gasteiger partial charge in [-0.1, -0.05) is 65.4 Å². The molecule has 0 unspecified atom stereocenters. The molecule has 0 spiro atoms. The first-order chi connectivity index (χ1) is 17.5. The summed E-state index contributed by atoms with van der Waals surface area (Å²) >= 11 is 0. The van der Waals surface area contributed by atoms with Crippen LogP contribution in [0.2, 0.25) is 0 Å². The van der Waals surface area contributed by atoms with Crippen LogP contribution in [-0.4, -0.2) is 18.0 Å². The molecule has 4 heteroatoms. The number of aryl methyl sites for hydroxylation is 1. The van der Waals surface area contributed by atoms with Crippen LogP contribution in [0.5, 0.6) is 5.75 Å². The highest BCUT2D eigenvalue weighted by Gasteiger charge is 2.56. The lowest BCUT2D eigenvalue weighted by Crippen LogP contribution is -2.45. The summed E-state index contributed by atoms with van der Waals surface area (Å²) < 4.78 is 11.8. The van der Waals surface area contributed by atoms with Gasteiger partial charge in [-0.25, -0.2) is 0 Å². The Morgan fingerprint density at radius 2 is 1.61 bits per heavy atom. The average Bonchev–Trinajstić information content (AvgIpc) is 3.20. The van der Waals surface area contributed by atoms with E-state index in [9.17, 15) is 9.59 Å². The second-order valence-electron chi connectivity index (χ2n) is 12.0. The monoisotopic (exact) mass is 496 g/mol. The molecule has 2 fully saturated rings. The van der Waals surface area contributed by atoms with Gasteiger partial charge in [-0.2, -0.15) is 0 Å². The molecule has 0 heterocycles. The first-order valence-electron chi connectivity index (χ1n) is 15.0. The summed E-state index contributed by atoms with van der Waals surface area (Å²) in [7, 11) is 0. The van der Waals surface area contributed by atoms with Gasteiger partial charge in [-0.15, -0.1) is 0 Å². The zero-order valence-corrected chi connectivity index (χ0v) is 23.0. The van der Waals surface area contributed by atoms with Crippen molar-refractivity contribution in [1.29, 1.82) is 0 Å². The quantitative estimate of drug-likeness (QED) is 0.166. The molecule has 1 aromatic rings. The summed E-state index contributed by atoms with van der Waals surface area (Å²) in [5, 5.41) is 0. The van der Waals surface area contributed by atoms with E-state index in [4.69, 9.17) is 9.47 Å². The van der Waals surface area contributed by atoms with Crippen molar-refractivity contribution < 1.29 is 19.1 Å². The predicted molar refractivity (Wildman–Crippen MR) is 144 cm³/mol. The van der Waals surface area contributed by atoms with Crippen molar-refractivity contribution in [3.8, 4) is 5.75 Å². The van der Waals surface area contributed by atoms with E-state index >= 15 is 0 Å². The largest absolute Gasteiger partial charge is 0.462 e. The van der Waals surface area contributed by atoms with E-state index in [1.54, 1.807) is 0 Å². The van der Waals surface area contributed by atoms with E-state index in [0.29, 0.717) is 36.3 Å². The maximum absolute atomic E-state index is 12.6. The standard InChI is InChI=1S/C32H48O4/c1-4-6-8-10-12-30(33)35-24-15-17-25-23(22-24)14-16-27-26(25)20-21-32(3)28(27)18-19-29(32)36-31(34)13-11-9-7-5-2/h15,17,22,26-29H,4-14,16,18-21H2,1-3H3/t26-,27-,28-,29-,32-/m0/s1. The van der Waals surface area contributed by atoms with Crippen LogP contribution in [0.1, 0.15) is 134 Å². The second kappa shape index (κ2) is 12.6. The van der Waals surface area contributed by atoms with Gasteiger partial charge in [0.2, 0.25) is 0 Å². The molecule has 5 atom stereocenters. The minimum atomic E-state index is -0.106. The Morgan fingerprint density at radius 3 is 2.33 bits per heavy atom. The molecule has 0 bridgehead atoms. The lowest BCUT2D eigenvalue weighted by atomic mass is 9.55. The number of hydrogen-bond donors (Lipinski definition) is 0. The number of rotatable bonds is 12. The zero-order valence-electron chi connectivity index (χ0n) is 23.0. The van der Waals surface area contributed by atoms with Crippen molar-refractivity contribution in [2.24, 2.45) is 17.3 Å². The van der Waals surface area contributed by atoms with Crippen LogP contribution in [0.15, 0.2) is 18.2 Å². The van der Waals surface area contributed by atoms with E-state index in [1.807, 2.05) is 6.07 Å². The summed E-state index contributed by atoms with van der Waals surface area (Å²) in [4.78, 5) is 24.8. The lowest BCUT2D eigenvalue weighted by Gasteiger charge is -2.50. The molecule has 200 valence electrons. The van der Waals surface area contributed by atoms with Gasteiger partial charge in [0.15, 0.2) is 0 Å². The second-order valence-corrected chi connectivity index (χ2v) is 12.0. The summed E-state index contributed by atoms with van der Waals surface area (Å²) in [6, 6.07) is 6.37. The third kappa shape index (κ3) is 6.17. The molecule has 3 aliphatic rings. The Hall–Kier alpha value is -1.84. The van der Waals surface area contributed by atoms with Gasteiger partial charge in [0.05, 0.1) is 0 Å². The molecular weight excluding hydrogens is 448 g/mol. The van der Waals surface area contributed by atoms with Crippen LogP contribution in [0.4, 0.5) is 0 Å². The van der Waals surface area contributed by atoms with Crippen molar-refractivity contribution in [3.63, 3.8) is 0 Å². The molecule has 2 saturated carbocycles. The van der Waals surface area contributed by atoms with Crippen molar-refractivity contribution in [2.75, 3.05) is 0 Å². The smallest absolute Gasteiger partial charge is 0.311 e. The third-order valence-corrected chi connectivity index (χ3v) is 9.59. The van der Waals surface area contributed by atoms with Gasteiger partial charge in [0.1, 0.15) is 11.9 Å². The molecule has 3 aliphatic carbocycles. The van der Waals surface area contributed by atoms with Gasteiger partial charge in [0, 0.05) is 18.3 Å². The van der Waals surface area contributed by atoms with Crippen LogP contribution in [0.3, 0.4) is 0 Å². The van der Waals surface area contributed by atoms with Crippen molar-refractivity contribution in [2.45, 2.75) is 136 Å². The lowest BCUT2D eigenvalue weighted by molar-refractivity contribution is -0.157. The minimum absolute atomic E-state index is 0.0153. The molecular formula is C32H48O4. The third-order valence-electron chi connectivity index (χ3n) is 9.59. The minimum Gasteiger partial charge on any atom is -0.462 e. The molecule has 1 aromatic carbocycles. The highest BCUT2D eigenvalue weighted by Crippen LogP contribution is 2.61. The number of carbonyl (C=O) groups is 2. The predicted octanol–water partition coefficient (Wildman–Crippen LogP) is 8.30. The number of unbranched alkanes of at least 4 members (excludes halogenated alkanes) is 6. The maximum atomic E-state index is 12.6. The molecule has 0 aliphatic heterocycles. The molecule has 4 nitrogen and oxygen atoms in total. The highest BCUT2D eigenvalue weighted by molar-refractivity contribution is 5.72. The average molecular weight is 497 g/mol. The molecule has 0 radical (unpaired) electrons. The summed E-state index contributed by atoms with van der Waals surface area (Å²) in [6.45, 7) is 6.77. The van der Waals surface area contributed by atoms with E-state index in [2.05, 4.69) is 32.9 Å². The van der Waals surface area contributed by atoms with E-state index in [0.717, 1.165) is 51.4 Å². The number of hydrogen-bond acceptors (Lipinski definition) is 4. The number of carbonyl (C=O) groups excluding carboxylic acids is 2. The van der Waals surface area contributed by atoms with Gasteiger partial charge >= 0.3 is 11.9 Å². The Labute approximate surface area is 218 Å². The fourth-order valence-corrected chi connectivity index (χ4v) is 7.56. The highest BCUT2D eigenvalue weighted by atomic mass is 16.5. The number of ether oxygens (including phenoxy) is 2. The van der Waals surface area contributed by atoms with Gasteiger partial charge in [0.25, 0.3) is 0 Å². The SMILES string of the molecule is CCCCCCC(=O)Oc1ccc2c(c1)CC[C@H]1[C@H]2CC[C@]2(C)[C@@H](OC(=O)CCCCCC)CC[C@@H]12. The van der Waals surface area contributed by atoms with Crippen molar-refractivity contribution in [1.82, 2.24) is 0 Å². The Balaban J connectivity index is 1.34. The molecule has 4 rings (SSSR count). The van der Waals surface area contributed by atoms with Gasteiger partial charge in [-0.3, -0.25) is 9.59 Å². The van der Waals surface area contributed by atoms with E-state index in [1.165, 1.54) is 49.7 Å². The number of esters is 2. The Bertz CT molecular complexity index is 892. The van der Waals surface area contributed by atoms with Crippen molar-refractivity contribution in [3.05, 3.63) is 29.3 Å². The van der Waals surface area contributed by atoms with Crippen LogP contribution in [0, 0.1) is 17.3 Å². The number of benzene rings is 1. The zero-order chi connectivity index (χ0) is 25.5. The van der Waals surface area contributed by atoms with Crippen LogP contribution >= 0.6 is 0 Å². The molecule has 0 N–H and O–H groups in total. The Morgan fingerprint density at radius 1 is 0.889 bits per heavy atom. The van der Waals surface area contributed by atoms with Gasteiger partial charge < -0.3 is 9.47 Å². The molecule has 36 heavy (non-hydrogen) atoms. The maximum Gasteiger partial charge on any atom is 0.311 e. The summed E-state index contributed by atoms with van der Waals surface area (Å²) in [6.07, 6.45) is 16.7. The van der Waals surface area contributed by atoms with Crippen LogP contribution in [0.25, 0.3) is 0 Å². The van der Waals surface area contributed by atoms with E-state index in [-0.39, 0.29) is 23.5 Å². The normalized spacial score (nSPS) is 28.6. The topological polar surface area (TPSA) is 52.6 Å². The van der Waals surface area contributed by atoms with Crippen LogP contribution in [-0.2, 0) is 20.7 Å². The van der Waals surface area contributed by atoms with Crippen molar-refractivity contribution >= 4 is 11.9 Å². The fraction of sp³-hybridized carbons (Fsp3) is 0.750. The first-order valence-corrected chi connectivity index (χ1v) is 15.0. The number of fused-ring (bicyclic) bond motifs is 5. The molecule has 0 aromatic heterocycles. The molecule has 0 saturated heterocycles. The van der Waals surface area contributed by atoms with Crippen LogP contribution < -0.4 is 4.74 Å². The first kappa shape index (κ1) is 27.2. The van der Waals surface area contributed by atoms with E-state index < -0.39 is 0 Å². The summed E-state index contributed by atoms with van der Waals surface area (Å²) in [5.74, 6) is 2.49. The summed E-state index contributed by atoms with van der Waals surface area (Å²) in [5.41, 5.74) is 2.95. The fourth-order valence-electron chi connectivity index (χ4n) is 7.56. The molecule has 0 amide bonds. The Kier molecular flexibility index (Phi) is 9.52.